The summed E-state index contributed by atoms with van der Waals surface area (Å²) >= 11 is 3.20. The van der Waals surface area contributed by atoms with E-state index in [2.05, 4.69) is 15.9 Å². The Morgan fingerprint density at radius 3 is 2.89 bits per heavy atom. The van der Waals surface area contributed by atoms with E-state index in [0.29, 0.717) is 23.9 Å². The Hall–Kier alpha value is -1.34. The molecule has 1 aromatic rings. The Balaban J connectivity index is 2.09. The lowest BCUT2D eigenvalue weighted by Gasteiger charge is -2.38. The topological polar surface area (TPSA) is 96.8 Å². The van der Waals surface area contributed by atoms with Crippen molar-refractivity contribution in [3.63, 3.8) is 0 Å². The van der Waals surface area contributed by atoms with Gasteiger partial charge in [0.2, 0.25) is 5.91 Å². The molecule has 2 amide bonds. The Morgan fingerprint density at radius 2 is 2.32 bits per heavy atom. The highest BCUT2D eigenvalue weighted by Crippen LogP contribution is 2.26. The molecule has 7 heteroatoms. The lowest BCUT2D eigenvalue weighted by atomic mass is 9.89. The molecule has 2 heterocycles. The zero-order valence-corrected chi connectivity index (χ0v) is 11.9. The molecule has 1 aliphatic rings. The molecule has 1 saturated heterocycles. The molecule has 19 heavy (non-hydrogen) atoms. The summed E-state index contributed by atoms with van der Waals surface area (Å²) in [5.74, 6) is -0.666. The van der Waals surface area contributed by atoms with Crippen LogP contribution in [0.3, 0.4) is 0 Å². The summed E-state index contributed by atoms with van der Waals surface area (Å²) in [7, 11) is 0. The normalized spacial score (nSPS) is 23.4. The lowest BCUT2D eigenvalue weighted by molar-refractivity contribution is -0.125. The van der Waals surface area contributed by atoms with Crippen molar-refractivity contribution < 1.29 is 19.1 Å². The van der Waals surface area contributed by atoms with Crippen LogP contribution < -0.4 is 5.73 Å². The van der Waals surface area contributed by atoms with Crippen LogP contribution in [0.5, 0.6) is 0 Å². The molecule has 0 aromatic carbocycles. The van der Waals surface area contributed by atoms with Gasteiger partial charge in [0.1, 0.15) is 6.26 Å². The molecule has 1 aromatic heterocycles. The fourth-order valence-electron chi connectivity index (χ4n) is 2.34. The molecular formula is C12H15BrN2O4. The Kier molecular flexibility index (Phi) is 3.96. The molecule has 1 fully saturated rings. The Bertz CT molecular complexity index is 502. The van der Waals surface area contributed by atoms with Gasteiger partial charge >= 0.3 is 0 Å². The van der Waals surface area contributed by atoms with E-state index in [1.165, 1.54) is 11.2 Å². The number of amides is 2. The number of β-amino-alcohol motifs (C(OH)–C–C–N with tert-alkyl or cyclic N) is 1. The van der Waals surface area contributed by atoms with Crippen LogP contribution in [-0.2, 0) is 4.79 Å². The van der Waals surface area contributed by atoms with Crippen LogP contribution >= 0.6 is 15.9 Å². The van der Waals surface area contributed by atoms with Crippen LogP contribution in [0.2, 0.25) is 0 Å². The average molecular weight is 331 g/mol. The summed E-state index contributed by atoms with van der Waals surface area (Å²) in [6.07, 6.45) is 2.37. The minimum absolute atomic E-state index is 0.0904. The van der Waals surface area contributed by atoms with Gasteiger partial charge in [0.15, 0.2) is 5.76 Å². The highest BCUT2D eigenvalue weighted by molar-refractivity contribution is 9.10. The second-order valence-corrected chi connectivity index (χ2v) is 5.74. The predicted octanol–water partition coefficient (Wildman–Crippen LogP) is 0.885. The summed E-state index contributed by atoms with van der Waals surface area (Å²) in [6, 6.07) is 1.57. The number of nitrogens with zero attached hydrogens (tertiary/aromatic N) is 1. The number of carbonyl (C=O) groups is 2. The maximum atomic E-state index is 12.2. The molecule has 0 spiro atoms. The van der Waals surface area contributed by atoms with Crippen molar-refractivity contribution in [1.29, 1.82) is 0 Å². The van der Waals surface area contributed by atoms with Gasteiger partial charge in [0.25, 0.3) is 5.91 Å². The monoisotopic (exact) mass is 330 g/mol. The van der Waals surface area contributed by atoms with Gasteiger partial charge in [-0.1, -0.05) is 0 Å². The minimum atomic E-state index is -1.23. The third-order valence-corrected chi connectivity index (χ3v) is 3.54. The third-order valence-electron chi connectivity index (χ3n) is 3.12. The number of nitrogens with two attached hydrogens (primary N) is 1. The van der Waals surface area contributed by atoms with Gasteiger partial charge < -0.3 is 20.2 Å². The van der Waals surface area contributed by atoms with Gasteiger partial charge in [-0.25, -0.2) is 0 Å². The van der Waals surface area contributed by atoms with Gasteiger partial charge in [-0.15, -0.1) is 0 Å². The standard InChI is InChI=1S/C12H15BrN2O4/c13-8-4-9(19-6-8)11(17)15-3-1-2-12(18,7-15)5-10(14)16/h4,6,18H,1-3,5,7H2,(H2,14,16). The van der Waals surface area contributed by atoms with Crippen LogP contribution in [0.1, 0.15) is 29.8 Å². The number of hydrogen-bond acceptors (Lipinski definition) is 4. The smallest absolute Gasteiger partial charge is 0.289 e. The fraction of sp³-hybridized carbons (Fsp3) is 0.500. The molecule has 6 nitrogen and oxygen atoms in total. The first kappa shape index (κ1) is 14.1. The third kappa shape index (κ3) is 3.36. The molecule has 0 bridgehead atoms. The molecule has 0 radical (unpaired) electrons. The summed E-state index contributed by atoms with van der Waals surface area (Å²) in [5.41, 5.74) is 3.88. The average Bonchev–Trinajstić information content (AvgIpc) is 2.73. The van der Waals surface area contributed by atoms with Crippen LogP contribution in [0.15, 0.2) is 21.2 Å². The SMILES string of the molecule is NC(=O)CC1(O)CCCN(C(=O)c2cc(Br)co2)C1. The summed E-state index contributed by atoms with van der Waals surface area (Å²) < 4.78 is 5.80. The number of halogens is 1. The summed E-state index contributed by atoms with van der Waals surface area (Å²) in [4.78, 5) is 24.6. The molecule has 3 N–H and O–H groups in total. The second kappa shape index (κ2) is 5.34. The molecule has 2 rings (SSSR count). The van der Waals surface area contributed by atoms with Crippen molar-refractivity contribution in [1.82, 2.24) is 4.90 Å². The van der Waals surface area contributed by atoms with Gasteiger partial charge in [-0.05, 0) is 28.8 Å². The summed E-state index contributed by atoms with van der Waals surface area (Å²) in [5, 5.41) is 10.3. The number of likely N-dealkylation sites (tertiary alicyclic amines) is 1. The van der Waals surface area contributed by atoms with Gasteiger partial charge in [0.05, 0.1) is 23.0 Å². The molecule has 104 valence electrons. The maximum absolute atomic E-state index is 12.2. The molecular weight excluding hydrogens is 316 g/mol. The van der Waals surface area contributed by atoms with Crippen molar-refractivity contribution in [3.05, 3.63) is 22.6 Å². The van der Waals surface area contributed by atoms with E-state index in [9.17, 15) is 14.7 Å². The number of furan rings is 1. The van der Waals surface area contributed by atoms with Gasteiger partial charge in [0, 0.05) is 12.6 Å². The first-order valence-electron chi connectivity index (χ1n) is 5.94. The van der Waals surface area contributed by atoms with E-state index in [4.69, 9.17) is 10.2 Å². The fourth-order valence-corrected chi connectivity index (χ4v) is 2.64. The number of rotatable bonds is 3. The van der Waals surface area contributed by atoms with Crippen molar-refractivity contribution in [2.45, 2.75) is 24.9 Å². The largest absolute Gasteiger partial charge is 0.458 e. The van der Waals surface area contributed by atoms with E-state index < -0.39 is 11.5 Å². The van der Waals surface area contributed by atoms with Gasteiger partial charge in [-0.2, -0.15) is 0 Å². The van der Waals surface area contributed by atoms with Crippen LogP contribution in [0.25, 0.3) is 0 Å². The molecule has 0 saturated carbocycles. The highest BCUT2D eigenvalue weighted by Gasteiger charge is 2.37. The first-order chi connectivity index (χ1) is 8.89. The number of primary amides is 1. The Labute approximate surface area is 118 Å². The zero-order valence-electron chi connectivity index (χ0n) is 10.3. The quantitative estimate of drug-likeness (QED) is 0.859. The van der Waals surface area contributed by atoms with E-state index >= 15 is 0 Å². The van der Waals surface area contributed by atoms with Crippen molar-refractivity contribution in [2.75, 3.05) is 13.1 Å². The van der Waals surface area contributed by atoms with Crippen molar-refractivity contribution in [3.8, 4) is 0 Å². The molecule has 1 aliphatic heterocycles. The Morgan fingerprint density at radius 1 is 1.58 bits per heavy atom. The van der Waals surface area contributed by atoms with Crippen LogP contribution in [0.4, 0.5) is 0 Å². The molecule has 1 atom stereocenters. The van der Waals surface area contributed by atoms with Crippen LogP contribution in [0, 0.1) is 0 Å². The lowest BCUT2D eigenvalue weighted by Crippen LogP contribution is -2.51. The second-order valence-electron chi connectivity index (χ2n) is 4.83. The maximum Gasteiger partial charge on any atom is 0.289 e. The predicted molar refractivity (Wildman–Crippen MR) is 70.3 cm³/mol. The summed E-state index contributed by atoms with van der Waals surface area (Å²) in [6.45, 7) is 0.616. The van der Waals surface area contributed by atoms with E-state index in [1.54, 1.807) is 6.07 Å². The zero-order chi connectivity index (χ0) is 14.0. The molecule has 0 aliphatic carbocycles. The number of carbonyl (C=O) groups excluding carboxylic acids is 2. The van der Waals surface area contributed by atoms with E-state index in [0.717, 1.165) is 0 Å². The molecule has 1 unspecified atom stereocenters. The number of aliphatic hydroxyl groups is 1. The van der Waals surface area contributed by atoms with Gasteiger partial charge in [-0.3, -0.25) is 9.59 Å². The minimum Gasteiger partial charge on any atom is -0.458 e. The van der Waals surface area contributed by atoms with Crippen LogP contribution in [-0.4, -0.2) is 40.5 Å². The van der Waals surface area contributed by atoms with Crippen molar-refractivity contribution in [2.24, 2.45) is 5.73 Å². The highest BCUT2D eigenvalue weighted by atomic mass is 79.9. The first-order valence-corrected chi connectivity index (χ1v) is 6.73. The number of piperidine rings is 1. The van der Waals surface area contributed by atoms with E-state index in [1.807, 2.05) is 0 Å². The van der Waals surface area contributed by atoms with E-state index in [-0.39, 0.29) is 24.6 Å². The van der Waals surface area contributed by atoms with Crippen molar-refractivity contribution >= 4 is 27.7 Å². The number of hydrogen-bond donors (Lipinski definition) is 2.